The molecule has 2 rings (SSSR count). The predicted molar refractivity (Wildman–Crippen MR) is 65.1 cm³/mol. The van der Waals surface area contributed by atoms with Crippen LogP contribution in [0.1, 0.15) is 38.5 Å². The van der Waals surface area contributed by atoms with Crippen LogP contribution in [0.4, 0.5) is 0 Å². The van der Waals surface area contributed by atoms with Crippen LogP contribution in [0.2, 0.25) is 0 Å². The summed E-state index contributed by atoms with van der Waals surface area (Å²) in [6, 6.07) is 0. The Hall–Kier alpha value is -1.10. The van der Waals surface area contributed by atoms with Crippen molar-refractivity contribution < 1.29 is 19.4 Å². The van der Waals surface area contributed by atoms with Crippen molar-refractivity contribution in [1.82, 2.24) is 4.90 Å². The van der Waals surface area contributed by atoms with E-state index in [2.05, 4.69) is 0 Å². The minimum atomic E-state index is -0.752. The third-order valence-electron chi connectivity index (χ3n) is 3.80. The summed E-state index contributed by atoms with van der Waals surface area (Å²) in [7, 11) is 0. The first-order valence-electron chi connectivity index (χ1n) is 6.79. The Labute approximate surface area is 107 Å². The fourth-order valence-electron chi connectivity index (χ4n) is 2.80. The molecule has 2 saturated heterocycles. The van der Waals surface area contributed by atoms with Crippen LogP contribution in [0, 0.1) is 5.92 Å². The maximum atomic E-state index is 12.2. The Morgan fingerprint density at radius 3 is 2.78 bits per heavy atom. The minimum Gasteiger partial charge on any atom is -0.481 e. The summed E-state index contributed by atoms with van der Waals surface area (Å²) < 4.78 is 5.42. The van der Waals surface area contributed by atoms with Crippen LogP contribution >= 0.6 is 0 Å². The number of carboxylic acid groups (broad SMARTS) is 1. The number of likely N-dealkylation sites (tertiary alicyclic amines) is 1. The maximum Gasteiger partial charge on any atom is 0.303 e. The zero-order valence-corrected chi connectivity index (χ0v) is 10.6. The zero-order valence-electron chi connectivity index (χ0n) is 10.6. The van der Waals surface area contributed by atoms with Gasteiger partial charge >= 0.3 is 5.97 Å². The zero-order chi connectivity index (χ0) is 13.0. The molecule has 1 amide bonds. The number of carboxylic acids is 1. The molecule has 0 aliphatic carbocycles. The van der Waals surface area contributed by atoms with Gasteiger partial charge in [-0.2, -0.15) is 0 Å². The molecule has 0 saturated carbocycles. The molecule has 0 bridgehead atoms. The Bertz CT molecular complexity index is 312. The Morgan fingerprint density at radius 1 is 1.28 bits per heavy atom. The maximum absolute atomic E-state index is 12.2. The topological polar surface area (TPSA) is 66.8 Å². The lowest BCUT2D eigenvalue weighted by atomic mass is 9.93. The summed E-state index contributed by atoms with van der Waals surface area (Å²) in [6.45, 7) is 2.18. The summed E-state index contributed by atoms with van der Waals surface area (Å²) in [4.78, 5) is 24.6. The second-order valence-corrected chi connectivity index (χ2v) is 5.23. The van der Waals surface area contributed by atoms with Crippen LogP contribution < -0.4 is 0 Å². The van der Waals surface area contributed by atoms with Crippen molar-refractivity contribution >= 4 is 11.9 Å². The van der Waals surface area contributed by atoms with Gasteiger partial charge in [-0.05, 0) is 38.0 Å². The van der Waals surface area contributed by atoms with Gasteiger partial charge in [-0.1, -0.05) is 0 Å². The van der Waals surface area contributed by atoms with Crippen LogP contribution in [-0.4, -0.2) is 47.7 Å². The van der Waals surface area contributed by atoms with Crippen molar-refractivity contribution in [3.05, 3.63) is 0 Å². The largest absolute Gasteiger partial charge is 0.481 e. The van der Waals surface area contributed by atoms with Gasteiger partial charge in [0.25, 0.3) is 5.91 Å². The van der Waals surface area contributed by atoms with E-state index in [9.17, 15) is 9.59 Å². The lowest BCUT2D eigenvalue weighted by molar-refractivity contribution is -0.142. The highest BCUT2D eigenvalue weighted by molar-refractivity contribution is 5.81. The molecule has 1 N–H and O–H groups in total. The molecule has 2 aliphatic rings. The van der Waals surface area contributed by atoms with Gasteiger partial charge in [0.2, 0.25) is 0 Å². The number of carbonyl (C=O) groups excluding carboxylic acids is 1. The van der Waals surface area contributed by atoms with Crippen molar-refractivity contribution in [3.8, 4) is 0 Å². The molecule has 0 spiro atoms. The van der Waals surface area contributed by atoms with Gasteiger partial charge in [0.1, 0.15) is 6.10 Å². The van der Waals surface area contributed by atoms with Gasteiger partial charge < -0.3 is 14.7 Å². The fraction of sp³-hybridized carbons (Fsp3) is 0.846. The van der Waals surface area contributed by atoms with E-state index in [-0.39, 0.29) is 18.4 Å². The van der Waals surface area contributed by atoms with Crippen LogP contribution in [0.5, 0.6) is 0 Å². The first-order valence-corrected chi connectivity index (χ1v) is 6.79. The average Bonchev–Trinajstić information content (AvgIpc) is 2.89. The van der Waals surface area contributed by atoms with Gasteiger partial charge in [0.05, 0.1) is 0 Å². The van der Waals surface area contributed by atoms with E-state index >= 15 is 0 Å². The Morgan fingerprint density at radius 2 is 2.11 bits per heavy atom. The quantitative estimate of drug-likeness (QED) is 0.821. The monoisotopic (exact) mass is 255 g/mol. The molecule has 0 aromatic carbocycles. The van der Waals surface area contributed by atoms with Gasteiger partial charge in [-0.25, -0.2) is 0 Å². The van der Waals surface area contributed by atoms with Crippen molar-refractivity contribution in [3.63, 3.8) is 0 Å². The Kier molecular flexibility index (Phi) is 4.58. The highest BCUT2D eigenvalue weighted by Gasteiger charge is 2.31. The van der Waals surface area contributed by atoms with E-state index < -0.39 is 5.97 Å². The molecular formula is C13H21NO4. The van der Waals surface area contributed by atoms with Gasteiger partial charge in [0.15, 0.2) is 0 Å². The van der Waals surface area contributed by atoms with E-state index in [0.717, 1.165) is 32.2 Å². The summed E-state index contributed by atoms with van der Waals surface area (Å²) >= 11 is 0. The average molecular weight is 255 g/mol. The number of rotatable bonds is 4. The van der Waals surface area contributed by atoms with E-state index in [4.69, 9.17) is 9.84 Å². The molecule has 0 aromatic heterocycles. The first kappa shape index (κ1) is 13.3. The summed E-state index contributed by atoms with van der Waals surface area (Å²) in [5.41, 5.74) is 0. The number of amides is 1. The van der Waals surface area contributed by atoms with Gasteiger partial charge in [0, 0.05) is 26.1 Å². The molecule has 0 unspecified atom stereocenters. The van der Waals surface area contributed by atoms with Gasteiger partial charge in [-0.3, -0.25) is 9.59 Å². The van der Waals surface area contributed by atoms with Crippen molar-refractivity contribution in [2.24, 2.45) is 5.92 Å². The molecule has 5 nitrogen and oxygen atoms in total. The van der Waals surface area contributed by atoms with Crippen LogP contribution in [0.3, 0.4) is 0 Å². The molecule has 102 valence electrons. The third kappa shape index (κ3) is 3.45. The highest BCUT2D eigenvalue weighted by atomic mass is 16.5. The predicted octanol–water partition coefficient (Wildman–Crippen LogP) is 1.27. The van der Waals surface area contributed by atoms with E-state index in [0.29, 0.717) is 25.5 Å². The molecule has 2 fully saturated rings. The molecule has 2 aliphatic heterocycles. The van der Waals surface area contributed by atoms with E-state index in [1.165, 1.54) is 0 Å². The number of ether oxygens (including phenoxy) is 1. The van der Waals surface area contributed by atoms with Crippen molar-refractivity contribution in [2.45, 2.75) is 44.6 Å². The number of nitrogens with zero attached hydrogens (tertiary/aromatic N) is 1. The summed E-state index contributed by atoms with van der Waals surface area (Å²) in [5, 5.41) is 8.69. The number of hydrogen-bond acceptors (Lipinski definition) is 3. The number of hydrogen-bond donors (Lipinski definition) is 1. The summed E-state index contributed by atoms with van der Waals surface area (Å²) in [6.07, 6.45) is 4.42. The van der Waals surface area contributed by atoms with Crippen LogP contribution in [-0.2, 0) is 14.3 Å². The summed E-state index contributed by atoms with van der Waals surface area (Å²) in [5.74, 6) is -0.315. The second-order valence-electron chi connectivity index (χ2n) is 5.23. The van der Waals surface area contributed by atoms with Crippen molar-refractivity contribution in [1.29, 1.82) is 0 Å². The third-order valence-corrected chi connectivity index (χ3v) is 3.80. The second kappa shape index (κ2) is 6.18. The molecule has 18 heavy (non-hydrogen) atoms. The lowest BCUT2D eigenvalue weighted by Gasteiger charge is -2.34. The molecule has 5 heteroatoms. The Balaban J connectivity index is 1.81. The molecular weight excluding hydrogens is 234 g/mol. The number of piperidine rings is 1. The smallest absolute Gasteiger partial charge is 0.303 e. The fourth-order valence-corrected chi connectivity index (χ4v) is 2.80. The van der Waals surface area contributed by atoms with Crippen molar-refractivity contribution in [2.75, 3.05) is 19.7 Å². The minimum absolute atomic E-state index is 0.104. The number of aliphatic carboxylic acids is 1. The van der Waals surface area contributed by atoms with E-state index in [1.54, 1.807) is 0 Å². The number of carbonyl (C=O) groups is 2. The normalized spacial score (nSPS) is 28.3. The molecule has 0 radical (unpaired) electrons. The molecule has 0 aromatic rings. The SMILES string of the molecule is O=C(O)CC[C@H]1CCCN(C(=O)[C@@H]2CCCO2)C1. The van der Waals surface area contributed by atoms with Crippen LogP contribution in [0.25, 0.3) is 0 Å². The first-order chi connectivity index (χ1) is 8.66. The van der Waals surface area contributed by atoms with Crippen LogP contribution in [0.15, 0.2) is 0 Å². The standard InChI is InChI=1S/C13H21NO4/c15-12(16)6-5-10-3-1-7-14(9-10)13(17)11-4-2-8-18-11/h10-11H,1-9H2,(H,15,16)/t10-,11+/m1/s1. The lowest BCUT2D eigenvalue weighted by Crippen LogP contribution is -2.44. The molecule has 2 atom stereocenters. The van der Waals surface area contributed by atoms with E-state index in [1.807, 2.05) is 4.90 Å². The molecule has 2 heterocycles. The van der Waals surface area contributed by atoms with Gasteiger partial charge in [-0.15, -0.1) is 0 Å². The highest BCUT2D eigenvalue weighted by Crippen LogP contribution is 2.23.